The molecule has 2 aromatic rings. The SMILES string of the molecule is O=C(c1cc(F)ccc1-n1cccn1)N1CC(=O)N(C2CC2)C1. The van der Waals surface area contributed by atoms with E-state index in [2.05, 4.69) is 5.10 Å². The Hall–Kier alpha value is -2.70. The maximum atomic E-state index is 13.6. The first-order chi connectivity index (χ1) is 11.1. The molecule has 0 bridgehead atoms. The minimum atomic E-state index is -0.492. The van der Waals surface area contributed by atoms with Crippen molar-refractivity contribution in [2.45, 2.75) is 18.9 Å². The van der Waals surface area contributed by atoms with Gasteiger partial charge in [-0.1, -0.05) is 0 Å². The number of hydrogen-bond donors (Lipinski definition) is 0. The van der Waals surface area contributed by atoms with Gasteiger partial charge in [-0.2, -0.15) is 5.10 Å². The first kappa shape index (κ1) is 13.9. The van der Waals surface area contributed by atoms with Crippen molar-refractivity contribution >= 4 is 11.8 Å². The highest BCUT2D eigenvalue weighted by Crippen LogP contribution is 2.30. The fraction of sp³-hybridized carbons (Fsp3) is 0.312. The molecule has 1 aromatic carbocycles. The summed E-state index contributed by atoms with van der Waals surface area (Å²) in [6.07, 6.45) is 5.26. The second-order valence-corrected chi connectivity index (χ2v) is 5.85. The number of carbonyl (C=O) groups excluding carboxylic acids is 2. The smallest absolute Gasteiger partial charge is 0.258 e. The van der Waals surface area contributed by atoms with Gasteiger partial charge in [-0.25, -0.2) is 9.07 Å². The van der Waals surface area contributed by atoms with Crippen LogP contribution in [0.1, 0.15) is 23.2 Å². The number of benzene rings is 1. The summed E-state index contributed by atoms with van der Waals surface area (Å²) in [6, 6.07) is 6.00. The maximum absolute atomic E-state index is 13.6. The third-order valence-corrected chi connectivity index (χ3v) is 4.18. The van der Waals surface area contributed by atoms with Crippen LogP contribution in [0, 0.1) is 5.82 Å². The van der Waals surface area contributed by atoms with Crippen LogP contribution < -0.4 is 0 Å². The molecule has 4 rings (SSSR count). The minimum absolute atomic E-state index is 0.0436. The molecule has 23 heavy (non-hydrogen) atoms. The number of rotatable bonds is 3. The van der Waals surface area contributed by atoms with Crippen LogP contribution in [0.15, 0.2) is 36.7 Å². The van der Waals surface area contributed by atoms with E-state index >= 15 is 0 Å². The van der Waals surface area contributed by atoms with E-state index in [1.54, 1.807) is 23.4 Å². The van der Waals surface area contributed by atoms with E-state index in [0.29, 0.717) is 5.69 Å². The first-order valence-corrected chi connectivity index (χ1v) is 7.52. The average molecular weight is 314 g/mol. The zero-order valence-electron chi connectivity index (χ0n) is 12.4. The lowest BCUT2D eigenvalue weighted by Gasteiger charge is -2.19. The largest absolute Gasteiger partial charge is 0.320 e. The van der Waals surface area contributed by atoms with E-state index in [9.17, 15) is 14.0 Å². The third kappa shape index (κ3) is 2.48. The van der Waals surface area contributed by atoms with Gasteiger partial charge in [0.25, 0.3) is 5.91 Å². The van der Waals surface area contributed by atoms with Crippen LogP contribution in [-0.2, 0) is 4.79 Å². The van der Waals surface area contributed by atoms with Crippen molar-refractivity contribution in [1.82, 2.24) is 19.6 Å². The summed E-state index contributed by atoms with van der Waals surface area (Å²) in [4.78, 5) is 28.0. The monoisotopic (exact) mass is 314 g/mol. The van der Waals surface area contributed by atoms with Gasteiger partial charge in [0, 0.05) is 18.4 Å². The van der Waals surface area contributed by atoms with Crippen LogP contribution in [0.25, 0.3) is 5.69 Å². The molecule has 1 aliphatic heterocycles. The van der Waals surface area contributed by atoms with Crippen LogP contribution in [0.4, 0.5) is 4.39 Å². The number of halogens is 1. The Labute approximate surface area is 132 Å². The lowest BCUT2D eigenvalue weighted by molar-refractivity contribution is -0.127. The summed E-state index contributed by atoms with van der Waals surface area (Å²) in [5, 5.41) is 4.10. The Morgan fingerprint density at radius 2 is 2.13 bits per heavy atom. The van der Waals surface area contributed by atoms with E-state index in [0.717, 1.165) is 12.8 Å². The molecule has 1 aromatic heterocycles. The average Bonchev–Trinajstić information content (AvgIpc) is 3.08. The highest BCUT2D eigenvalue weighted by Gasteiger charge is 2.40. The number of nitrogens with zero attached hydrogens (tertiary/aromatic N) is 4. The standard InChI is InChI=1S/C16H15FN4O2/c17-11-2-5-14(21-7-1-6-18-21)13(8-11)16(23)19-9-15(22)20(10-19)12-3-4-12/h1-2,5-8,12H,3-4,9-10H2. The molecule has 0 N–H and O–H groups in total. The summed E-state index contributed by atoms with van der Waals surface area (Å²) in [5.41, 5.74) is 0.706. The molecule has 0 atom stereocenters. The third-order valence-electron chi connectivity index (χ3n) is 4.18. The predicted molar refractivity (Wildman–Crippen MR) is 79.3 cm³/mol. The van der Waals surface area contributed by atoms with Crippen molar-refractivity contribution in [2.75, 3.05) is 13.2 Å². The molecule has 0 spiro atoms. The van der Waals surface area contributed by atoms with Gasteiger partial charge < -0.3 is 9.80 Å². The Morgan fingerprint density at radius 3 is 2.83 bits per heavy atom. The quantitative estimate of drug-likeness (QED) is 0.861. The second-order valence-electron chi connectivity index (χ2n) is 5.85. The molecule has 118 valence electrons. The van der Waals surface area contributed by atoms with Crippen LogP contribution in [0.3, 0.4) is 0 Å². The second kappa shape index (κ2) is 5.19. The molecule has 2 amide bonds. The van der Waals surface area contributed by atoms with Crippen LogP contribution >= 0.6 is 0 Å². The van der Waals surface area contributed by atoms with E-state index in [1.807, 2.05) is 0 Å². The zero-order valence-corrected chi connectivity index (χ0v) is 12.4. The van der Waals surface area contributed by atoms with Crippen molar-refractivity contribution < 1.29 is 14.0 Å². The number of hydrogen-bond acceptors (Lipinski definition) is 3. The molecule has 2 heterocycles. The Bertz CT molecular complexity index is 770. The van der Waals surface area contributed by atoms with Crippen molar-refractivity contribution in [3.8, 4) is 5.69 Å². The van der Waals surface area contributed by atoms with E-state index in [1.165, 1.54) is 27.8 Å². The summed E-state index contributed by atoms with van der Waals surface area (Å²) in [5.74, 6) is -0.891. The van der Waals surface area contributed by atoms with Gasteiger partial charge in [0.05, 0.1) is 17.9 Å². The van der Waals surface area contributed by atoms with Crippen molar-refractivity contribution in [3.63, 3.8) is 0 Å². The molecule has 2 fully saturated rings. The lowest BCUT2D eigenvalue weighted by Crippen LogP contribution is -2.32. The lowest BCUT2D eigenvalue weighted by atomic mass is 10.1. The topological polar surface area (TPSA) is 58.4 Å². The van der Waals surface area contributed by atoms with E-state index in [4.69, 9.17) is 0 Å². The Morgan fingerprint density at radius 1 is 1.30 bits per heavy atom. The summed E-state index contributed by atoms with van der Waals surface area (Å²) >= 11 is 0. The zero-order chi connectivity index (χ0) is 16.0. The fourth-order valence-corrected chi connectivity index (χ4v) is 2.87. The Balaban J connectivity index is 1.66. The molecule has 7 heteroatoms. The van der Waals surface area contributed by atoms with Crippen LogP contribution in [0.5, 0.6) is 0 Å². The van der Waals surface area contributed by atoms with Gasteiger partial charge >= 0.3 is 0 Å². The molecule has 6 nitrogen and oxygen atoms in total. The number of aromatic nitrogens is 2. The minimum Gasteiger partial charge on any atom is -0.320 e. The highest BCUT2D eigenvalue weighted by molar-refractivity contribution is 6.00. The normalized spacial score (nSPS) is 17.9. The molecular weight excluding hydrogens is 299 g/mol. The van der Waals surface area contributed by atoms with Crippen LogP contribution in [-0.4, -0.2) is 50.6 Å². The summed E-state index contributed by atoms with van der Waals surface area (Å²) in [7, 11) is 0. The molecule has 0 unspecified atom stereocenters. The van der Waals surface area contributed by atoms with Crippen molar-refractivity contribution in [1.29, 1.82) is 0 Å². The van der Waals surface area contributed by atoms with Crippen LogP contribution in [0.2, 0.25) is 0 Å². The van der Waals surface area contributed by atoms with Gasteiger partial charge in [-0.05, 0) is 37.1 Å². The predicted octanol–water partition coefficient (Wildman–Crippen LogP) is 1.42. The van der Waals surface area contributed by atoms with Gasteiger partial charge in [0.2, 0.25) is 5.91 Å². The van der Waals surface area contributed by atoms with Crippen molar-refractivity contribution in [3.05, 3.63) is 48.0 Å². The van der Waals surface area contributed by atoms with Gasteiger partial charge in [0.15, 0.2) is 0 Å². The molecule has 0 radical (unpaired) electrons. The number of amides is 2. The highest BCUT2D eigenvalue weighted by atomic mass is 19.1. The van der Waals surface area contributed by atoms with Gasteiger partial charge in [-0.15, -0.1) is 0 Å². The van der Waals surface area contributed by atoms with Gasteiger partial charge in [-0.3, -0.25) is 9.59 Å². The summed E-state index contributed by atoms with van der Waals surface area (Å²) < 4.78 is 15.2. The van der Waals surface area contributed by atoms with E-state index in [-0.39, 0.29) is 36.6 Å². The molecule has 1 saturated carbocycles. The molecule has 1 aliphatic carbocycles. The molecular formula is C16H15FN4O2. The van der Waals surface area contributed by atoms with E-state index < -0.39 is 5.82 Å². The molecule has 1 saturated heterocycles. The molecule has 2 aliphatic rings. The maximum Gasteiger partial charge on any atom is 0.258 e. The first-order valence-electron chi connectivity index (χ1n) is 7.52. The summed E-state index contributed by atoms with van der Waals surface area (Å²) in [6.45, 7) is 0.321. The Kier molecular flexibility index (Phi) is 3.14. The number of carbonyl (C=O) groups is 2. The van der Waals surface area contributed by atoms with Crippen molar-refractivity contribution in [2.24, 2.45) is 0 Å². The fourth-order valence-electron chi connectivity index (χ4n) is 2.87. The van der Waals surface area contributed by atoms with Gasteiger partial charge in [0.1, 0.15) is 12.4 Å².